The number of rotatable bonds is 5. The number of halogens is 1. The largest absolute Gasteiger partial charge is 0.495 e. The van der Waals surface area contributed by atoms with Gasteiger partial charge in [-0.3, -0.25) is 4.31 Å². The Balaban J connectivity index is 2.56. The monoisotopic (exact) mass is 341 g/mol. The summed E-state index contributed by atoms with van der Waals surface area (Å²) in [6.45, 7) is 0. The van der Waals surface area contributed by atoms with Crippen LogP contribution in [0.5, 0.6) is 11.5 Å². The Morgan fingerprint density at radius 2 is 1.59 bits per heavy atom. The fraction of sp³-hybridized carbons (Fsp3) is 0.200. The zero-order valence-electron chi connectivity index (χ0n) is 12.4. The Bertz CT molecular complexity index is 763. The van der Waals surface area contributed by atoms with Gasteiger partial charge in [0, 0.05) is 19.2 Å². The first-order valence-electron chi connectivity index (χ1n) is 6.37. The molecule has 22 heavy (non-hydrogen) atoms. The van der Waals surface area contributed by atoms with E-state index in [4.69, 9.17) is 21.1 Å². The van der Waals surface area contributed by atoms with Crippen molar-refractivity contribution < 1.29 is 17.9 Å². The van der Waals surface area contributed by atoms with Crippen molar-refractivity contribution in [2.24, 2.45) is 0 Å². The summed E-state index contributed by atoms with van der Waals surface area (Å²) in [7, 11) is 0.655. The molecule has 0 spiro atoms. The van der Waals surface area contributed by atoms with Gasteiger partial charge in [-0.25, -0.2) is 8.42 Å². The second-order valence-corrected chi connectivity index (χ2v) is 6.82. The van der Waals surface area contributed by atoms with Crippen LogP contribution in [0.4, 0.5) is 5.69 Å². The molecule has 0 aliphatic carbocycles. The minimum Gasteiger partial charge on any atom is -0.495 e. The van der Waals surface area contributed by atoms with Gasteiger partial charge in [0.2, 0.25) is 0 Å². The number of anilines is 1. The molecule has 0 N–H and O–H groups in total. The van der Waals surface area contributed by atoms with Crippen molar-refractivity contribution in [2.45, 2.75) is 4.90 Å². The second-order valence-electron chi connectivity index (χ2n) is 4.44. The zero-order chi connectivity index (χ0) is 16.3. The van der Waals surface area contributed by atoms with E-state index in [9.17, 15) is 8.42 Å². The van der Waals surface area contributed by atoms with Crippen molar-refractivity contribution in [3.8, 4) is 11.5 Å². The molecule has 2 aromatic rings. The molecule has 0 fully saturated rings. The molecule has 2 rings (SSSR count). The molecule has 0 unspecified atom stereocenters. The molecule has 0 heterocycles. The highest BCUT2D eigenvalue weighted by molar-refractivity contribution is 7.92. The van der Waals surface area contributed by atoms with Gasteiger partial charge in [0.15, 0.2) is 0 Å². The fourth-order valence-corrected chi connectivity index (χ4v) is 3.42. The van der Waals surface area contributed by atoms with E-state index in [-0.39, 0.29) is 4.90 Å². The van der Waals surface area contributed by atoms with Gasteiger partial charge in [-0.2, -0.15) is 0 Å². The van der Waals surface area contributed by atoms with Gasteiger partial charge < -0.3 is 9.47 Å². The summed E-state index contributed by atoms with van der Waals surface area (Å²) in [5.74, 6) is 0.709. The van der Waals surface area contributed by atoms with Crippen LogP contribution in [0.15, 0.2) is 47.4 Å². The van der Waals surface area contributed by atoms with E-state index < -0.39 is 10.0 Å². The van der Waals surface area contributed by atoms with Gasteiger partial charge in [0.05, 0.1) is 29.8 Å². The molecule has 0 radical (unpaired) electrons. The molecule has 0 saturated carbocycles. The summed E-state index contributed by atoms with van der Waals surface area (Å²) in [5, 5.41) is 0.341. The van der Waals surface area contributed by atoms with E-state index in [1.54, 1.807) is 18.2 Å². The number of sulfonamides is 1. The Kier molecular flexibility index (Phi) is 4.83. The van der Waals surface area contributed by atoms with E-state index in [1.807, 2.05) is 0 Å². The smallest absolute Gasteiger partial charge is 0.264 e. The first-order chi connectivity index (χ1) is 10.4. The van der Waals surface area contributed by atoms with Gasteiger partial charge in [-0.15, -0.1) is 0 Å². The first kappa shape index (κ1) is 16.5. The van der Waals surface area contributed by atoms with Crippen LogP contribution < -0.4 is 13.8 Å². The maximum absolute atomic E-state index is 12.7. The SMILES string of the molecule is COc1cc(N(C)S(=O)(=O)c2ccccc2)c(OC)cc1Cl. The molecular formula is C15H16ClNO4S. The first-order valence-corrected chi connectivity index (χ1v) is 8.19. The Morgan fingerprint density at radius 1 is 1.00 bits per heavy atom. The van der Waals surface area contributed by atoms with Crippen LogP contribution in [0.2, 0.25) is 5.02 Å². The number of ether oxygens (including phenoxy) is 2. The number of hydrogen-bond donors (Lipinski definition) is 0. The predicted molar refractivity (Wildman–Crippen MR) is 86.6 cm³/mol. The van der Waals surface area contributed by atoms with Crippen LogP contribution in [0.25, 0.3) is 0 Å². The third-order valence-electron chi connectivity index (χ3n) is 3.19. The maximum atomic E-state index is 12.7. The molecule has 0 atom stereocenters. The summed E-state index contributed by atoms with van der Waals surface area (Å²) in [6, 6.07) is 11.2. The lowest BCUT2D eigenvalue weighted by atomic mass is 10.2. The second kappa shape index (κ2) is 6.46. The molecular weight excluding hydrogens is 326 g/mol. The van der Waals surface area contributed by atoms with Crippen molar-refractivity contribution in [3.05, 3.63) is 47.5 Å². The van der Waals surface area contributed by atoms with Crippen molar-refractivity contribution in [3.63, 3.8) is 0 Å². The van der Waals surface area contributed by atoms with Crippen LogP contribution in [-0.2, 0) is 10.0 Å². The summed E-state index contributed by atoms with van der Waals surface area (Å²) >= 11 is 6.04. The normalized spacial score (nSPS) is 11.1. The minimum absolute atomic E-state index is 0.188. The quantitative estimate of drug-likeness (QED) is 0.838. The van der Waals surface area contributed by atoms with Crippen LogP contribution >= 0.6 is 11.6 Å². The molecule has 0 aromatic heterocycles. The van der Waals surface area contributed by atoms with Crippen molar-refractivity contribution >= 4 is 27.3 Å². The predicted octanol–water partition coefficient (Wildman–Crippen LogP) is 3.18. The lowest BCUT2D eigenvalue weighted by molar-refractivity contribution is 0.404. The van der Waals surface area contributed by atoms with E-state index >= 15 is 0 Å². The van der Waals surface area contributed by atoms with E-state index in [2.05, 4.69) is 0 Å². The summed E-state index contributed by atoms with van der Waals surface area (Å²) in [4.78, 5) is 0.188. The molecule has 5 nitrogen and oxygen atoms in total. The average Bonchev–Trinajstić information content (AvgIpc) is 2.54. The molecule has 0 aliphatic rings. The summed E-state index contributed by atoms with van der Waals surface area (Å²) < 4.78 is 36.9. The number of benzene rings is 2. The van der Waals surface area contributed by atoms with Gasteiger partial charge in [-0.05, 0) is 12.1 Å². The van der Waals surface area contributed by atoms with Crippen LogP contribution in [0.3, 0.4) is 0 Å². The molecule has 0 aliphatic heterocycles. The topological polar surface area (TPSA) is 55.8 Å². The Hall–Kier alpha value is -1.92. The maximum Gasteiger partial charge on any atom is 0.264 e. The zero-order valence-corrected chi connectivity index (χ0v) is 14.0. The lowest BCUT2D eigenvalue weighted by Crippen LogP contribution is -2.27. The van der Waals surface area contributed by atoms with Gasteiger partial charge in [-0.1, -0.05) is 29.8 Å². The van der Waals surface area contributed by atoms with E-state index in [1.165, 1.54) is 45.5 Å². The standard InChI is InChI=1S/C15H16ClNO4S/c1-17(22(18,19)11-7-5-4-6-8-11)13-10-14(20-2)12(16)9-15(13)21-3/h4-10H,1-3H3. The van der Waals surface area contributed by atoms with Crippen LogP contribution in [0, 0.1) is 0 Å². The fourth-order valence-electron chi connectivity index (χ4n) is 1.97. The Labute approximate surface area is 135 Å². The summed E-state index contributed by atoms with van der Waals surface area (Å²) in [6.07, 6.45) is 0. The number of nitrogens with zero attached hydrogens (tertiary/aromatic N) is 1. The van der Waals surface area contributed by atoms with Gasteiger partial charge in [0.1, 0.15) is 11.5 Å². The van der Waals surface area contributed by atoms with Gasteiger partial charge >= 0.3 is 0 Å². The van der Waals surface area contributed by atoms with Crippen molar-refractivity contribution in [1.29, 1.82) is 0 Å². The van der Waals surface area contributed by atoms with Crippen LogP contribution in [0.1, 0.15) is 0 Å². The lowest BCUT2D eigenvalue weighted by Gasteiger charge is -2.22. The number of methoxy groups -OCH3 is 2. The third kappa shape index (κ3) is 2.98. The molecule has 0 saturated heterocycles. The van der Waals surface area contributed by atoms with Crippen molar-refractivity contribution in [1.82, 2.24) is 0 Å². The van der Waals surface area contributed by atoms with E-state index in [0.29, 0.717) is 22.2 Å². The highest BCUT2D eigenvalue weighted by Crippen LogP contribution is 2.39. The molecule has 0 bridgehead atoms. The number of hydrogen-bond acceptors (Lipinski definition) is 4. The van der Waals surface area contributed by atoms with E-state index in [0.717, 1.165) is 4.31 Å². The van der Waals surface area contributed by atoms with Gasteiger partial charge in [0.25, 0.3) is 10.0 Å². The minimum atomic E-state index is -3.71. The third-order valence-corrected chi connectivity index (χ3v) is 5.28. The average molecular weight is 342 g/mol. The molecule has 0 amide bonds. The van der Waals surface area contributed by atoms with Crippen molar-refractivity contribution in [2.75, 3.05) is 25.6 Å². The van der Waals surface area contributed by atoms with Crippen LogP contribution in [-0.4, -0.2) is 29.7 Å². The highest BCUT2D eigenvalue weighted by atomic mass is 35.5. The highest BCUT2D eigenvalue weighted by Gasteiger charge is 2.25. The summed E-state index contributed by atoms with van der Waals surface area (Å²) in [5.41, 5.74) is 0.340. The Morgan fingerprint density at radius 3 is 2.14 bits per heavy atom. The molecule has 7 heteroatoms. The molecule has 2 aromatic carbocycles. The molecule has 118 valence electrons.